The van der Waals surface area contributed by atoms with Crippen molar-refractivity contribution < 1.29 is 17.9 Å². The van der Waals surface area contributed by atoms with Crippen molar-refractivity contribution in [2.45, 2.75) is 45.7 Å². The quantitative estimate of drug-likeness (QED) is 0.363. The number of hydrogen-bond acceptors (Lipinski definition) is 5. The van der Waals surface area contributed by atoms with E-state index in [2.05, 4.69) is 34.4 Å². The highest BCUT2D eigenvalue weighted by atomic mass is 19.4. The molecule has 0 aliphatic rings. The summed E-state index contributed by atoms with van der Waals surface area (Å²) in [7, 11) is 0. The van der Waals surface area contributed by atoms with E-state index in [1.165, 1.54) is 0 Å². The Kier molecular flexibility index (Phi) is 7.56. The molecule has 0 fully saturated rings. The SMILES string of the molecule is CCCOc1ccc(Nc2ncc(C(F)(F)F)c(Nc3cccc(C(C)CC)c3)n2)cc1. The van der Waals surface area contributed by atoms with Crippen LogP contribution in [0.5, 0.6) is 5.75 Å². The van der Waals surface area contributed by atoms with E-state index in [1.807, 2.05) is 25.1 Å². The molecule has 0 spiro atoms. The van der Waals surface area contributed by atoms with Gasteiger partial charge in [-0.1, -0.05) is 32.9 Å². The van der Waals surface area contributed by atoms with Crippen molar-refractivity contribution in [1.29, 1.82) is 0 Å². The van der Waals surface area contributed by atoms with E-state index in [0.717, 1.165) is 24.6 Å². The number of halogens is 3. The van der Waals surface area contributed by atoms with Gasteiger partial charge in [-0.25, -0.2) is 4.98 Å². The van der Waals surface area contributed by atoms with Crippen LogP contribution in [0.25, 0.3) is 0 Å². The maximum atomic E-state index is 13.6. The van der Waals surface area contributed by atoms with Crippen LogP contribution in [-0.2, 0) is 6.18 Å². The number of nitrogens with one attached hydrogen (secondary N) is 2. The molecule has 0 radical (unpaired) electrons. The summed E-state index contributed by atoms with van der Waals surface area (Å²) in [6, 6.07) is 14.4. The fourth-order valence-electron chi connectivity index (χ4n) is 3.02. The Hall–Kier alpha value is -3.29. The van der Waals surface area contributed by atoms with E-state index in [-0.39, 0.29) is 11.8 Å². The molecule has 0 saturated carbocycles. The molecule has 8 heteroatoms. The number of rotatable bonds is 9. The molecule has 0 saturated heterocycles. The third kappa shape index (κ3) is 6.12. The fraction of sp³-hybridized carbons (Fsp3) is 0.333. The molecule has 0 aliphatic carbocycles. The Balaban J connectivity index is 1.85. The molecule has 3 rings (SSSR count). The van der Waals surface area contributed by atoms with Crippen LogP contribution in [0.2, 0.25) is 0 Å². The zero-order valence-corrected chi connectivity index (χ0v) is 18.3. The normalized spacial score (nSPS) is 12.3. The van der Waals surface area contributed by atoms with Gasteiger partial charge in [0.15, 0.2) is 0 Å². The molecule has 5 nitrogen and oxygen atoms in total. The number of anilines is 4. The van der Waals surface area contributed by atoms with Crippen molar-refractivity contribution >= 4 is 23.1 Å². The second-order valence-corrected chi connectivity index (χ2v) is 7.51. The summed E-state index contributed by atoms with van der Waals surface area (Å²) < 4.78 is 46.2. The van der Waals surface area contributed by atoms with Gasteiger partial charge in [0.1, 0.15) is 17.1 Å². The van der Waals surface area contributed by atoms with E-state index in [1.54, 1.807) is 30.3 Å². The van der Waals surface area contributed by atoms with Gasteiger partial charge in [0, 0.05) is 17.6 Å². The van der Waals surface area contributed by atoms with E-state index < -0.39 is 11.7 Å². The highest BCUT2D eigenvalue weighted by molar-refractivity contribution is 5.63. The minimum Gasteiger partial charge on any atom is -0.494 e. The van der Waals surface area contributed by atoms with Crippen molar-refractivity contribution in [2.24, 2.45) is 0 Å². The minimum absolute atomic E-state index is 0.0563. The molecule has 1 aromatic heterocycles. The van der Waals surface area contributed by atoms with Gasteiger partial charge in [-0.2, -0.15) is 18.2 Å². The highest BCUT2D eigenvalue weighted by Crippen LogP contribution is 2.36. The Morgan fingerprint density at radius 1 is 1.00 bits per heavy atom. The molecule has 2 aromatic carbocycles. The molecule has 0 bridgehead atoms. The van der Waals surface area contributed by atoms with Crippen LogP contribution < -0.4 is 15.4 Å². The first-order valence-corrected chi connectivity index (χ1v) is 10.6. The van der Waals surface area contributed by atoms with Gasteiger partial charge in [0.05, 0.1) is 6.61 Å². The summed E-state index contributed by atoms with van der Waals surface area (Å²) in [4.78, 5) is 7.97. The van der Waals surface area contributed by atoms with Crippen LogP contribution in [0.1, 0.15) is 50.7 Å². The van der Waals surface area contributed by atoms with Crippen LogP contribution >= 0.6 is 0 Å². The van der Waals surface area contributed by atoms with Crippen LogP contribution in [0, 0.1) is 0 Å². The topological polar surface area (TPSA) is 59.1 Å². The number of benzene rings is 2. The zero-order chi connectivity index (χ0) is 23.1. The number of aromatic nitrogens is 2. The lowest BCUT2D eigenvalue weighted by atomic mass is 9.98. The van der Waals surface area contributed by atoms with Crippen molar-refractivity contribution in [2.75, 3.05) is 17.2 Å². The second-order valence-electron chi connectivity index (χ2n) is 7.51. The Morgan fingerprint density at radius 3 is 2.41 bits per heavy atom. The third-order valence-electron chi connectivity index (χ3n) is 5.01. The van der Waals surface area contributed by atoms with Crippen molar-refractivity contribution in [3.8, 4) is 5.75 Å². The van der Waals surface area contributed by atoms with Crippen molar-refractivity contribution in [1.82, 2.24) is 9.97 Å². The standard InChI is InChI=1S/C24H27F3N4O/c1-4-13-32-20-11-9-18(10-12-20)30-23-28-15-21(24(25,26)27)22(31-23)29-19-8-6-7-17(14-19)16(3)5-2/h6-12,14-16H,4-5,13H2,1-3H3,(H2,28,29,30,31). The van der Waals surface area contributed by atoms with Gasteiger partial charge in [-0.15, -0.1) is 0 Å². The smallest absolute Gasteiger partial charge is 0.421 e. The van der Waals surface area contributed by atoms with Crippen LogP contribution in [-0.4, -0.2) is 16.6 Å². The number of hydrogen-bond donors (Lipinski definition) is 2. The first kappa shape index (κ1) is 23.4. The molecule has 0 aliphatic heterocycles. The van der Waals surface area contributed by atoms with Gasteiger partial charge in [0.25, 0.3) is 0 Å². The second kappa shape index (κ2) is 10.3. The molecular weight excluding hydrogens is 417 g/mol. The maximum absolute atomic E-state index is 13.6. The maximum Gasteiger partial charge on any atom is 0.421 e. The van der Waals surface area contributed by atoms with Gasteiger partial charge in [0.2, 0.25) is 5.95 Å². The third-order valence-corrected chi connectivity index (χ3v) is 5.01. The summed E-state index contributed by atoms with van der Waals surface area (Å²) in [6.45, 7) is 6.77. The van der Waals surface area contributed by atoms with Crippen molar-refractivity contribution in [3.63, 3.8) is 0 Å². The van der Waals surface area contributed by atoms with Gasteiger partial charge < -0.3 is 15.4 Å². The summed E-state index contributed by atoms with van der Waals surface area (Å²) in [5.74, 6) is 0.764. The van der Waals surface area contributed by atoms with Gasteiger partial charge in [-0.3, -0.25) is 0 Å². The highest BCUT2D eigenvalue weighted by Gasteiger charge is 2.35. The Bertz CT molecular complexity index is 1020. The average Bonchev–Trinajstić information content (AvgIpc) is 2.77. The lowest BCUT2D eigenvalue weighted by Crippen LogP contribution is -2.12. The molecule has 1 heterocycles. The molecule has 3 aromatic rings. The predicted octanol–water partition coefficient (Wildman–Crippen LogP) is 7.28. The molecule has 0 amide bonds. The fourth-order valence-corrected chi connectivity index (χ4v) is 3.02. The molecule has 32 heavy (non-hydrogen) atoms. The lowest BCUT2D eigenvalue weighted by molar-refractivity contribution is -0.137. The largest absolute Gasteiger partial charge is 0.494 e. The summed E-state index contributed by atoms with van der Waals surface area (Å²) >= 11 is 0. The molecular formula is C24H27F3N4O. The molecule has 1 atom stereocenters. The first-order valence-electron chi connectivity index (χ1n) is 10.6. The molecule has 2 N–H and O–H groups in total. The lowest BCUT2D eigenvalue weighted by Gasteiger charge is -2.16. The van der Waals surface area contributed by atoms with Gasteiger partial charge in [-0.05, 0) is 60.7 Å². The van der Waals surface area contributed by atoms with E-state index in [0.29, 0.717) is 29.6 Å². The number of alkyl halides is 3. The van der Waals surface area contributed by atoms with Crippen LogP contribution in [0.3, 0.4) is 0 Å². The summed E-state index contributed by atoms with van der Waals surface area (Å²) in [6.07, 6.45) is -1.97. The van der Waals surface area contributed by atoms with E-state index in [9.17, 15) is 13.2 Å². The Morgan fingerprint density at radius 2 is 1.75 bits per heavy atom. The van der Waals surface area contributed by atoms with Crippen molar-refractivity contribution in [3.05, 3.63) is 65.9 Å². The monoisotopic (exact) mass is 444 g/mol. The van der Waals surface area contributed by atoms with E-state index >= 15 is 0 Å². The zero-order valence-electron chi connectivity index (χ0n) is 18.3. The number of ether oxygens (including phenoxy) is 1. The number of nitrogens with zero attached hydrogens (tertiary/aromatic N) is 2. The van der Waals surface area contributed by atoms with E-state index in [4.69, 9.17) is 4.74 Å². The molecule has 170 valence electrons. The van der Waals surface area contributed by atoms with Crippen LogP contribution in [0.4, 0.5) is 36.3 Å². The first-order chi connectivity index (χ1) is 15.3. The summed E-state index contributed by atoms with van der Waals surface area (Å²) in [5.41, 5.74) is 1.29. The minimum atomic E-state index is -4.59. The average molecular weight is 445 g/mol. The molecule has 1 unspecified atom stereocenters. The van der Waals surface area contributed by atoms with Crippen LogP contribution in [0.15, 0.2) is 54.7 Å². The predicted molar refractivity (Wildman–Crippen MR) is 121 cm³/mol. The Labute approximate surface area is 186 Å². The summed E-state index contributed by atoms with van der Waals surface area (Å²) in [5, 5.41) is 5.77. The van der Waals surface area contributed by atoms with Gasteiger partial charge >= 0.3 is 6.18 Å².